The van der Waals surface area contributed by atoms with Crippen molar-refractivity contribution in [1.82, 2.24) is 5.32 Å². The number of aryl methyl sites for hydroxylation is 1. The first-order chi connectivity index (χ1) is 11.3. The lowest BCUT2D eigenvalue weighted by molar-refractivity contribution is 0.0943. The molecular weight excluding hydrogens is 364 g/mol. The van der Waals surface area contributed by atoms with Gasteiger partial charge in [0.25, 0.3) is 5.91 Å². The average molecular weight is 391 g/mol. The van der Waals surface area contributed by atoms with Crippen LogP contribution in [0.15, 0.2) is 53.0 Å². The molecular formula is C20H27BrN2O. The van der Waals surface area contributed by atoms with Gasteiger partial charge in [-0.05, 0) is 70.5 Å². The Bertz CT molecular complexity index is 639. The van der Waals surface area contributed by atoms with Crippen molar-refractivity contribution in [3.63, 3.8) is 0 Å². The lowest BCUT2D eigenvalue weighted by Gasteiger charge is -2.12. The quantitative estimate of drug-likeness (QED) is 0.733. The van der Waals surface area contributed by atoms with Crippen LogP contribution in [0.1, 0.15) is 43.6 Å². The zero-order valence-electron chi connectivity index (χ0n) is 15.1. The summed E-state index contributed by atoms with van der Waals surface area (Å²) in [4.78, 5) is 11.3. The number of amides is 1. The van der Waals surface area contributed by atoms with Crippen LogP contribution in [0.5, 0.6) is 0 Å². The Balaban J connectivity index is 0.000000240. The highest BCUT2D eigenvalue weighted by Gasteiger charge is 2.04. The molecule has 0 aliphatic rings. The Kier molecular flexibility index (Phi) is 8.55. The van der Waals surface area contributed by atoms with Gasteiger partial charge in [0.15, 0.2) is 0 Å². The van der Waals surface area contributed by atoms with Gasteiger partial charge in [-0.1, -0.05) is 34.1 Å². The number of carbonyl (C=O) groups is 1. The Morgan fingerprint density at radius 3 is 2.08 bits per heavy atom. The number of rotatable bonds is 4. The van der Waals surface area contributed by atoms with Gasteiger partial charge >= 0.3 is 0 Å². The molecule has 0 spiro atoms. The van der Waals surface area contributed by atoms with Gasteiger partial charge in [-0.3, -0.25) is 4.79 Å². The van der Waals surface area contributed by atoms with Gasteiger partial charge < -0.3 is 10.6 Å². The number of benzene rings is 2. The molecule has 2 aromatic rings. The second kappa shape index (κ2) is 10.1. The summed E-state index contributed by atoms with van der Waals surface area (Å²) in [5, 5.41) is 6.20. The molecule has 130 valence electrons. The third kappa shape index (κ3) is 7.64. The number of anilines is 1. The molecule has 0 aliphatic carbocycles. The van der Waals surface area contributed by atoms with Crippen molar-refractivity contribution in [3.8, 4) is 0 Å². The highest BCUT2D eigenvalue weighted by molar-refractivity contribution is 9.10. The second-order valence-corrected chi connectivity index (χ2v) is 7.17. The summed E-state index contributed by atoms with van der Waals surface area (Å²) in [6, 6.07) is 16.2. The molecule has 0 heterocycles. The number of hydrogen-bond donors (Lipinski definition) is 2. The summed E-state index contributed by atoms with van der Waals surface area (Å²) in [6.07, 6.45) is 0. The Morgan fingerprint density at radius 1 is 0.958 bits per heavy atom. The molecule has 0 saturated heterocycles. The molecule has 0 bridgehead atoms. The molecule has 0 aromatic heterocycles. The van der Waals surface area contributed by atoms with Gasteiger partial charge in [-0.15, -0.1) is 0 Å². The van der Waals surface area contributed by atoms with E-state index >= 15 is 0 Å². The molecule has 2 N–H and O–H groups in total. The maximum absolute atomic E-state index is 11.3. The van der Waals surface area contributed by atoms with E-state index < -0.39 is 0 Å². The first kappa shape index (κ1) is 20.2. The SMILES string of the molecule is CC(C)NC(=O)c1ccccc1.Cc1cc(Br)ccc1NC(C)C. The van der Waals surface area contributed by atoms with Crippen LogP contribution in [0.25, 0.3) is 0 Å². The number of carbonyl (C=O) groups excluding carboxylic acids is 1. The molecule has 0 atom stereocenters. The van der Waals surface area contributed by atoms with Crippen LogP contribution in [-0.2, 0) is 0 Å². The van der Waals surface area contributed by atoms with Gasteiger partial charge in [-0.2, -0.15) is 0 Å². The van der Waals surface area contributed by atoms with Crippen molar-refractivity contribution >= 4 is 27.5 Å². The fourth-order valence-corrected chi connectivity index (χ4v) is 2.51. The van der Waals surface area contributed by atoms with Crippen LogP contribution in [0, 0.1) is 6.92 Å². The Morgan fingerprint density at radius 2 is 1.58 bits per heavy atom. The minimum absolute atomic E-state index is 0.00870. The Hall–Kier alpha value is -1.81. The smallest absolute Gasteiger partial charge is 0.251 e. The van der Waals surface area contributed by atoms with Gasteiger partial charge in [0, 0.05) is 27.8 Å². The van der Waals surface area contributed by atoms with E-state index in [1.54, 1.807) is 12.1 Å². The molecule has 0 fully saturated rings. The monoisotopic (exact) mass is 390 g/mol. The van der Waals surface area contributed by atoms with Crippen molar-refractivity contribution < 1.29 is 4.79 Å². The summed E-state index contributed by atoms with van der Waals surface area (Å²) in [5.41, 5.74) is 3.21. The number of nitrogens with one attached hydrogen (secondary N) is 2. The summed E-state index contributed by atoms with van der Waals surface area (Å²) < 4.78 is 1.13. The van der Waals surface area contributed by atoms with Gasteiger partial charge in [0.1, 0.15) is 0 Å². The normalized spacial score (nSPS) is 10.2. The highest BCUT2D eigenvalue weighted by Crippen LogP contribution is 2.20. The van der Waals surface area contributed by atoms with Crippen molar-refractivity contribution in [3.05, 3.63) is 64.1 Å². The van der Waals surface area contributed by atoms with Crippen LogP contribution in [0.4, 0.5) is 5.69 Å². The fourth-order valence-electron chi connectivity index (χ4n) is 2.04. The topological polar surface area (TPSA) is 41.1 Å². The lowest BCUT2D eigenvalue weighted by atomic mass is 10.2. The van der Waals surface area contributed by atoms with E-state index in [4.69, 9.17) is 0 Å². The third-order valence-electron chi connectivity index (χ3n) is 3.09. The van der Waals surface area contributed by atoms with Crippen LogP contribution in [-0.4, -0.2) is 18.0 Å². The second-order valence-electron chi connectivity index (χ2n) is 6.25. The highest BCUT2D eigenvalue weighted by atomic mass is 79.9. The molecule has 3 nitrogen and oxygen atoms in total. The molecule has 24 heavy (non-hydrogen) atoms. The van der Waals surface area contributed by atoms with E-state index in [1.807, 2.05) is 32.0 Å². The first-order valence-corrected chi connectivity index (χ1v) is 8.97. The molecule has 0 unspecified atom stereocenters. The van der Waals surface area contributed by atoms with E-state index in [2.05, 4.69) is 65.5 Å². The number of halogens is 1. The van der Waals surface area contributed by atoms with Gasteiger partial charge in [0.2, 0.25) is 0 Å². The third-order valence-corrected chi connectivity index (χ3v) is 3.58. The number of hydrogen-bond acceptors (Lipinski definition) is 2. The van der Waals surface area contributed by atoms with Crippen molar-refractivity contribution in [1.29, 1.82) is 0 Å². The minimum atomic E-state index is -0.00870. The molecule has 1 amide bonds. The molecule has 0 saturated carbocycles. The van der Waals surface area contributed by atoms with Crippen molar-refractivity contribution in [2.75, 3.05) is 5.32 Å². The zero-order valence-corrected chi connectivity index (χ0v) is 16.6. The summed E-state index contributed by atoms with van der Waals surface area (Å²) in [6.45, 7) is 10.3. The molecule has 4 heteroatoms. The van der Waals surface area contributed by atoms with Crippen LogP contribution < -0.4 is 10.6 Å². The van der Waals surface area contributed by atoms with Gasteiger partial charge in [-0.25, -0.2) is 0 Å². The molecule has 2 rings (SSSR count). The van der Waals surface area contributed by atoms with Crippen molar-refractivity contribution in [2.24, 2.45) is 0 Å². The van der Waals surface area contributed by atoms with Gasteiger partial charge in [0.05, 0.1) is 0 Å². The lowest BCUT2D eigenvalue weighted by Crippen LogP contribution is -2.29. The predicted octanol–water partition coefficient (Wildman–Crippen LogP) is 5.40. The molecule has 0 aliphatic heterocycles. The maximum atomic E-state index is 11.3. The van der Waals surface area contributed by atoms with Crippen molar-refractivity contribution in [2.45, 2.75) is 46.7 Å². The van der Waals surface area contributed by atoms with Crippen LogP contribution in [0.3, 0.4) is 0 Å². The van der Waals surface area contributed by atoms with E-state index in [1.165, 1.54) is 11.3 Å². The summed E-state index contributed by atoms with van der Waals surface area (Å²) in [5.74, 6) is -0.00870. The zero-order chi connectivity index (χ0) is 18.1. The van der Waals surface area contributed by atoms with Crippen LogP contribution in [0.2, 0.25) is 0 Å². The maximum Gasteiger partial charge on any atom is 0.251 e. The Labute approximate surface area is 154 Å². The van der Waals surface area contributed by atoms with E-state index in [9.17, 15) is 4.79 Å². The molecule has 0 radical (unpaired) electrons. The minimum Gasteiger partial charge on any atom is -0.383 e. The van der Waals surface area contributed by atoms with E-state index in [0.717, 1.165) is 4.47 Å². The van der Waals surface area contributed by atoms with E-state index in [-0.39, 0.29) is 11.9 Å². The average Bonchev–Trinajstić information content (AvgIpc) is 2.51. The first-order valence-electron chi connectivity index (χ1n) is 8.18. The predicted molar refractivity (Wildman–Crippen MR) is 107 cm³/mol. The standard InChI is InChI=1S/C10H14BrN.C10H13NO/c1-7(2)12-10-5-4-9(11)6-8(10)3;1-8(2)11-10(12)9-6-4-3-5-7-9/h4-7,12H,1-3H3;3-8H,1-2H3,(H,11,12). The summed E-state index contributed by atoms with van der Waals surface area (Å²) in [7, 11) is 0. The summed E-state index contributed by atoms with van der Waals surface area (Å²) >= 11 is 3.43. The molecule has 2 aromatic carbocycles. The van der Waals surface area contributed by atoms with Crippen LogP contribution >= 0.6 is 15.9 Å². The largest absolute Gasteiger partial charge is 0.383 e. The fraction of sp³-hybridized carbons (Fsp3) is 0.350. The van der Waals surface area contributed by atoms with E-state index in [0.29, 0.717) is 11.6 Å².